The van der Waals surface area contributed by atoms with Gasteiger partial charge in [-0.3, -0.25) is 9.69 Å². The fourth-order valence-electron chi connectivity index (χ4n) is 3.13. The van der Waals surface area contributed by atoms with Gasteiger partial charge in [0.25, 0.3) is 0 Å². The van der Waals surface area contributed by atoms with Crippen LogP contribution in [-0.4, -0.2) is 62.0 Å². The van der Waals surface area contributed by atoms with Crippen LogP contribution in [0.4, 0.5) is 0 Å². The fourth-order valence-corrected chi connectivity index (χ4v) is 3.13. The van der Waals surface area contributed by atoms with E-state index >= 15 is 0 Å². The standard InChI is InChI=1S/C20H33N3O/c1-16(2)15-18-5-7-19(8-6-18)17(3)20(24)21-9-10-23-13-11-22(4)12-14-23/h5-8,16-17H,9-15H2,1-4H3,(H,21,24). The molecule has 1 saturated heterocycles. The van der Waals surface area contributed by atoms with Crippen LogP contribution in [0, 0.1) is 5.92 Å². The monoisotopic (exact) mass is 331 g/mol. The quantitative estimate of drug-likeness (QED) is 0.833. The zero-order valence-electron chi connectivity index (χ0n) is 15.7. The number of nitrogens with one attached hydrogen (secondary N) is 1. The van der Waals surface area contributed by atoms with Crippen LogP contribution in [0.25, 0.3) is 0 Å². The first kappa shape index (κ1) is 18.9. The zero-order chi connectivity index (χ0) is 17.5. The fraction of sp³-hybridized carbons (Fsp3) is 0.650. The van der Waals surface area contributed by atoms with E-state index < -0.39 is 0 Å². The Bertz CT molecular complexity index is 504. The smallest absolute Gasteiger partial charge is 0.227 e. The normalized spacial score (nSPS) is 17.9. The van der Waals surface area contributed by atoms with Crippen LogP contribution in [0.15, 0.2) is 24.3 Å². The van der Waals surface area contributed by atoms with E-state index in [1.54, 1.807) is 0 Å². The van der Waals surface area contributed by atoms with Gasteiger partial charge in [-0.15, -0.1) is 0 Å². The summed E-state index contributed by atoms with van der Waals surface area (Å²) < 4.78 is 0. The van der Waals surface area contributed by atoms with E-state index in [9.17, 15) is 4.79 Å². The van der Waals surface area contributed by atoms with Crippen LogP contribution in [0.1, 0.15) is 37.8 Å². The van der Waals surface area contributed by atoms with Gasteiger partial charge in [-0.05, 0) is 37.4 Å². The molecule has 2 rings (SSSR count). The molecule has 0 bridgehead atoms. The summed E-state index contributed by atoms with van der Waals surface area (Å²) >= 11 is 0. The lowest BCUT2D eigenvalue weighted by molar-refractivity contribution is -0.122. The van der Waals surface area contributed by atoms with Crippen molar-refractivity contribution >= 4 is 5.91 Å². The van der Waals surface area contributed by atoms with Crippen molar-refractivity contribution < 1.29 is 4.79 Å². The van der Waals surface area contributed by atoms with Crippen LogP contribution in [-0.2, 0) is 11.2 Å². The summed E-state index contributed by atoms with van der Waals surface area (Å²) in [6.45, 7) is 12.5. The summed E-state index contributed by atoms with van der Waals surface area (Å²) in [5, 5.41) is 3.09. The average Bonchev–Trinajstić information content (AvgIpc) is 2.56. The summed E-state index contributed by atoms with van der Waals surface area (Å²) in [6, 6.07) is 8.51. The Balaban J connectivity index is 1.75. The maximum Gasteiger partial charge on any atom is 0.227 e. The Hall–Kier alpha value is -1.39. The third kappa shape index (κ3) is 5.91. The molecular weight excluding hydrogens is 298 g/mol. The van der Waals surface area contributed by atoms with E-state index in [2.05, 4.69) is 60.3 Å². The summed E-state index contributed by atoms with van der Waals surface area (Å²) in [4.78, 5) is 17.1. The number of rotatable bonds is 7. The number of hydrogen-bond donors (Lipinski definition) is 1. The number of hydrogen-bond acceptors (Lipinski definition) is 3. The first-order valence-corrected chi connectivity index (χ1v) is 9.23. The Labute approximate surface area is 147 Å². The van der Waals surface area contributed by atoms with Crippen molar-refractivity contribution in [3.63, 3.8) is 0 Å². The maximum atomic E-state index is 12.4. The molecule has 24 heavy (non-hydrogen) atoms. The lowest BCUT2D eigenvalue weighted by Crippen LogP contribution is -2.47. The Morgan fingerprint density at radius 2 is 1.71 bits per heavy atom. The number of carbonyl (C=O) groups excluding carboxylic acids is 1. The molecule has 1 aliphatic rings. The summed E-state index contributed by atoms with van der Waals surface area (Å²) in [5.41, 5.74) is 2.44. The third-order valence-electron chi connectivity index (χ3n) is 4.84. The minimum atomic E-state index is -0.0920. The second kappa shape index (κ2) is 9.19. The van der Waals surface area contributed by atoms with Crippen LogP contribution in [0.2, 0.25) is 0 Å². The number of benzene rings is 1. The van der Waals surface area contributed by atoms with Gasteiger partial charge in [-0.25, -0.2) is 0 Å². The molecule has 1 unspecified atom stereocenters. The largest absolute Gasteiger partial charge is 0.354 e. The van der Waals surface area contributed by atoms with Gasteiger partial charge in [-0.1, -0.05) is 38.1 Å². The highest BCUT2D eigenvalue weighted by Gasteiger charge is 2.16. The van der Waals surface area contributed by atoms with Crippen LogP contribution in [0.3, 0.4) is 0 Å². The van der Waals surface area contributed by atoms with Gasteiger partial charge in [0.1, 0.15) is 0 Å². The van der Waals surface area contributed by atoms with Crippen molar-refractivity contribution in [2.75, 3.05) is 46.3 Å². The van der Waals surface area contributed by atoms with Gasteiger partial charge < -0.3 is 10.2 Å². The van der Waals surface area contributed by atoms with Gasteiger partial charge in [0.2, 0.25) is 5.91 Å². The summed E-state index contributed by atoms with van der Waals surface area (Å²) in [5.74, 6) is 0.692. The molecule has 0 aromatic heterocycles. The topological polar surface area (TPSA) is 35.6 Å². The van der Waals surface area contributed by atoms with Crippen molar-refractivity contribution in [2.45, 2.75) is 33.1 Å². The highest BCUT2D eigenvalue weighted by atomic mass is 16.1. The molecule has 1 N–H and O–H groups in total. The molecule has 1 amide bonds. The molecule has 1 fully saturated rings. The summed E-state index contributed by atoms with van der Waals surface area (Å²) in [6.07, 6.45) is 1.09. The van der Waals surface area contributed by atoms with Crippen molar-refractivity contribution in [3.05, 3.63) is 35.4 Å². The number of amides is 1. The average molecular weight is 332 g/mol. The van der Waals surface area contributed by atoms with Gasteiger partial charge in [-0.2, -0.15) is 0 Å². The molecule has 1 aromatic rings. The molecule has 1 atom stereocenters. The highest BCUT2D eigenvalue weighted by molar-refractivity contribution is 5.83. The highest BCUT2D eigenvalue weighted by Crippen LogP contribution is 2.17. The van der Waals surface area contributed by atoms with E-state index in [1.807, 2.05) is 6.92 Å². The SMILES string of the molecule is CC(C)Cc1ccc(C(C)C(=O)NCCN2CCN(C)CC2)cc1. The van der Waals surface area contributed by atoms with Gasteiger partial charge in [0, 0.05) is 39.3 Å². The number of piperazine rings is 1. The number of nitrogens with zero attached hydrogens (tertiary/aromatic N) is 2. The van der Waals surface area contributed by atoms with Crippen LogP contribution < -0.4 is 5.32 Å². The van der Waals surface area contributed by atoms with Crippen LogP contribution >= 0.6 is 0 Å². The van der Waals surface area contributed by atoms with E-state index in [4.69, 9.17) is 0 Å². The van der Waals surface area contributed by atoms with Crippen LogP contribution in [0.5, 0.6) is 0 Å². The molecule has 4 heteroatoms. The minimum absolute atomic E-state index is 0.0920. The third-order valence-corrected chi connectivity index (χ3v) is 4.84. The predicted octanol–water partition coefficient (Wildman–Crippen LogP) is 2.35. The lowest BCUT2D eigenvalue weighted by atomic mass is 9.96. The van der Waals surface area contributed by atoms with Crippen molar-refractivity contribution in [2.24, 2.45) is 5.92 Å². The predicted molar refractivity (Wildman–Crippen MR) is 100 cm³/mol. The Morgan fingerprint density at radius 3 is 2.29 bits per heavy atom. The van der Waals surface area contributed by atoms with E-state index in [-0.39, 0.29) is 11.8 Å². The molecule has 0 spiro atoms. The number of carbonyl (C=O) groups is 1. The molecule has 0 aliphatic carbocycles. The maximum absolute atomic E-state index is 12.4. The molecule has 4 nitrogen and oxygen atoms in total. The van der Waals surface area contributed by atoms with Gasteiger partial charge in [0.05, 0.1) is 5.92 Å². The zero-order valence-corrected chi connectivity index (χ0v) is 15.7. The molecule has 0 saturated carbocycles. The van der Waals surface area contributed by atoms with Gasteiger partial charge >= 0.3 is 0 Å². The minimum Gasteiger partial charge on any atom is -0.354 e. The summed E-state index contributed by atoms with van der Waals surface area (Å²) in [7, 11) is 2.16. The van der Waals surface area contributed by atoms with E-state index in [0.717, 1.165) is 51.3 Å². The van der Waals surface area contributed by atoms with Crippen molar-refractivity contribution in [1.29, 1.82) is 0 Å². The molecule has 134 valence electrons. The molecule has 0 radical (unpaired) electrons. The second-order valence-electron chi connectivity index (χ2n) is 7.50. The molecule has 1 aromatic carbocycles. The number of likely N-dealkylation sites (N-methyl/N-ethyl adjacent to an activating group) is 1. The lowest BCUT2D eigenvalue weighted by Gasteiger charge is -2.32. The first-order valence-electron chi connectivity index (χ1n) is 9.23. The molecule has 1 heterocycles. The van der Waals surface area contributed by atoms with Crippen molar-refractivity contribution in [3.8, 4) is 0 Å². The second-order valence-corrected chi connectivity index (χ2v) is 7.50. The molecule has 1 aliphatic heterocycles. The van der Waals surface area contributed by atoms with E-state index in [1.165, 1.54) is 5.56 Å². The Morgan fingerprint density at radius 1 is 1.08 bits per heavy atom. The molecular formula is C20H33N3O. The first-order chi connectivity index (χ1) is 11.5. The van der Waals surface area contributed by atoms with Gasteiger partial charge in [0.15, 0.2) is 0 Å². The Kier molecular flexibility index (Phi) is 7.25. The van der Waals surface area contributed by atoms with Crippen molar-refractivity contribution in [1.82, 2.24) is 15.1 Å². The van der Waals surface area contributed by atoms with E-state index in [0.29, 0.717) is 5.92 Å².